The molecule has 0 saturated carbocycles. The summed E-state index contributed by atoms with van der Waals surface area (Å²) in [5, 5.41) is 13.0. The number of hydrogen-bond acceptors (Lipinski definition) is 16. The van der Waals surface area contributed by atoms with Crippen LogP contribution >= 0.6 is 0 Å². The predicted molar refractivity (Wildman–Crippen MR) is 292 cm³/mol. The van der Waals surface area contributed by atoms with E-state index in [1.54, 1.807) is 48.8 Å². The van der Waals surface area contributed by atoms with Gasteiger partial charge >= 0.3 is 0 Å². The third kappa shape index (κ3) is 15.3. The van der Waals surface area contributed by atoms with Crippen LogP contribution in [0.1, 0.15) is 52.7 Å². The number of sulfonamides is 2. The van der Waals surface area contributed by atoms with Crippen LogP contribution in [0, 0.1) is 13.8 Å². The first-order chi connectivity index (χ1) is 34.0. The Morgan fingerprint density at radius 1 is 0.458 bits per heavy atom. The molecule has 0 spiro atoms. The van der Waals surface area contributed by atoms with Gasteiger partial charge in [-0.2, -0.15) is 9.97 Å². The Hall–Kier alpha value is -6.42. The Bertz CT molecular complexity index is 2800. The van der Waals surface area contributed by atoms with Crippen molar-refractivity contribution in [3.63, 3.8) is 0 Å². The van der Waals surface area contributed by atoms with Crippen LogP contribution in [0.15, 0.2) is 119 Å². The highest BCUT2D eigenvalue weighted by molar-refractivity contribution is 7.89. The molecule has 6 N–H and O–H groups in total. The number of aromatic nitrogens is 4. The van der Waals surface area contributed by atoms with Crippen molar-refractivity contribution < 1.29 is 16.8 Å². The molecule has 2 aromatic heterocycles. The third-order valence-corrected chi connectivity index (χ3v) is 15.1. The minimum absolute atomic E-state index is 0.188. The van der Waals surface area contributed by atoms with E-state index >= 15 is 0 Å². The van der Waals surface area contributed by atoms with Gasteiger partial charge in [-0.3, -0.25) is 0 Å². The first kappa shape index (κ1) is 53.4. The van der Waals surface area contributed by atoms with Crippen LogP contribution < -0.4 is 40.5 Å². The van der Waals surface area contributed by atoms with E-state index in [2.05, 4.69) is 109 Å². The van der Waals surface area contributed by atoms with Gasteiger partial charge < -0.3 is 40.9 Å². The lowest BCUT2D eigenvalue weighted by Crippen LogP contribution is -2.44. The number of anilines is 10. The molecule has 0 unspecified atom stereocenters. The normalized spacial score (nSPS) is 15.1. The second kappa shape index (κ2) is 22.6. The molecule has 0 amide bonds. The van der Waals surface area contributed by atoms with Crippen LogP contribution in [-0.2, 0) is 20.0 Å². The Morgan fingerprint density at radius 3 is 1.14 bits per heavy atom. The van der Waals surface area contributed by atoms with Gasteiger partial charge in [0.1, 0.15) is 11.6 Å². The van der Waals surface area contributed by atoms with Gasteiger partial charge in [0.25, 0.3) is 0 Å². The molecule has 6 aromatic rings. The van der Waals surface area contributed by atoms with Crippen molar-refractivity contribution in [3.05, 3.63) is 121 Å². The van der Waals surface area contributed by atoms with Crippen LogP contribution in [0.4, 0.5) is 57.7 Å². The first-order valence-corrected chi connectivity index (χ1v) is 27.0. The highest BCUT2D eigenvalue weighted by Crippen LogP contribution is 2.28. The SMILES string of the molecule is Cc1cnc(Nc2ccc(N3CCN(C)CC3)cc2)nc1Nc1cccc(S(=O)(=O)NC(C)(C)C)c1.Cc1cnc(Nc2ccc(N3CCN(C)CC3)cc2)nc1Nc1cccc(S(=O)(=O)NC(C)(C)C)c1. The molecule has 72 heavy (non-hydrogen) atoms. The summed E-state index contributed by atoms with van der Waals surface area (Å²) in [6, 6.07) is 29.9. The number of aryl methyl sites for hydroxylation is 2. The van der Waals surface area contributed by atoms with Gasteiger partial charge in [-0.15, -0.1) is 0 Å². The molecular formula is C52H70N14O4S2. The third-order valence-electron chi connectivity index (χ3n) is 11.6. The summed E-state index contributed by atoms with van der Waals surface area (Å²) in [5.74, 6) is 2.10. The van der Waals surface area contributed by atoms with Crippen molar-refractivity contribution in [1.29, 1.82) is 0 Å². The topological polar surface area (TPSA) is 205 Å². The summed E-state index contributed by atoms with van der Waals surface area (Å²) in [6.45, 7) is 23.0. The van der Waals surface area contributed by atoms with E-state index in [4.69, 9.17) is 0 Å². The van der Waals surface area contributed by atoms with Gasteiger partial charge in [0.05, 0.1) is 9.79 Å². The van der Waals surface area contributed by atoms with Gasteiger partial charge in [0.2, 0.25) is 31.9 Å². The molecule has 2 aliphatic heterocycles. The predicted octanol–water partition coefficient (Wildman–Crippen LogP) is 8.20. The van der Waals surface area contributed by atoms with Crippen molar-refractivity contribution in [2.75, 3.05) is 97.5 Å². The second-order valence-electron chi connectivity index (χ2n) is 20.4. The molecule has 2 aliphatic rings. The zero-order chi connectivity index (χ0) is 51.8. The highest BCUT2D eigenvalue weighted by atomic mass is 32.2. The fourth-order valence-corrected chi connectivity index (χ4v) is 10.8. The van der Waals surface area contributed by atoms with Gasteiger partial charge in [-0.1, -0.05) is 12.1 Å². The van der Waals surface area contributed by atoms with Gasteiger partial charge in [0, 0.05) is 121 Å². The molecule has 8 rings (SSSR count). The summed E-state index contributed by atoms with van der Waals surface area (Å²) >= 11 is 0. The number of piperazine rings is 2. The summed E-state index contributed by atoms with van der Waals surface area (Å²) in [4.78, 5) is 27.9. The van der Waals surface area contributed by atoms with Gasteiger partial charge in [-0.25, -0.2) is 36.2 Å². The lowest BCUT2D eigenvalue weighted by molar-refractivity contribution is 0.313. The van der Waals surface area contributed by atoms with E-state index in [1.807, 2.05) is 91.8 Å². The van der Waals surface area contributed by atoms with Crippen molar-refractivity contribution in [2.45, 2.75) is 76.3 Å². The van der Waals surface area contributed by atoms with E-state index in [0.29, 0.717) is 34.9 Å². The smallest absolute Gasteiger partial charge is 0.241 e. The highest BCUT2D eigenvalue weighted by Gasteiger charge is 2.24. The van der Waals surface area contributed by atoms with Gasteiger partial charge in [-0.05, 0) is 154 Å². The van der Waals surface area contributed by atoms with Crippen LogP contribution in [0.5, 0.6) is 0 Å². The molecule has 0 aliphatic carbocycles. The molecular weight excluding hydrogens is 949 g/mol. The fourth-order valence-electron chi connectivity index (χ4n) is 7.84. The number of hydrogen-bond donors (Lipinski definition) is 6. The lowest BCUT2D eigenvalue weighted by atomic mass is 10.1. The molecule has 20 heteroatoms. The minimum Gasteiger partial charge on any atom is -0.369 e. The minimum atomic E-state index is -3.65. The molecule has 4 aromatic carbocycles. The summed E-state index contributed by atoms with van der Waals surface area (Å²) in [6.07, 6.45) is 3.47. The van der Waals surface area contributed by atoms with E-state index in [1.165, 1.54) is 11.4 Å². The molecule has 2 fully saturated rings. The van der Waals surface area contributed by atoms with Crippen molar-refractivity contribution in [1.82, 2.24) is 39.2 Å². The Labute approximate surface area is 426 Å². The maximum Gasteiger partial charge on any atom is 0.241 e. The van der Waals surface area contributed by atoms with E-state index in [9.17, 15) is 16.8 Å². The molecule has 0 atom stereocenters. The molecule has 0 bridgehead atoms. The van der Waals surface area contributed by atoms with Crippen molar-refractivity contribution >= 4 is 77.7 Å². The zero-order valence-electron chi connectivity index (χ0n) is 43.1. The maximum atomic E-state index is 12.7. The largest absolute Gasteiger partial charge is 0.369 e. The van der Waals surface area contributed by atoms with Crippen molar-refractivity contribution in [2.24, 2.45) is 0 Å². The quantitative estimate of drug-likeness (QED) is 0.0608. The average Bonchev–Trinajstić information content (AvgIpc) is 3.31. The summed E-state index contributed by atoms with van der Waals surface area (Å²) in [5.41, 5.74) is 5.97. The Morgan fingerprint density at radius 2 is 0.806 bits per heavy atom. The Balaban J connectivity index is 0.000000211. The second-order valence-corrected chi connectivity index (χ2v) is 23.8. The molecule has 0 radical (unpaired) electrons. The zero-order valence-corrected chi connectivity index (χ0v) is 44.7. The Kier molecular flexibility index (Phi) is 16.7. The molecule has 4 heterocycles. The standard InChI is InChI=1S/2C26H35N7O2S/c2*1-19-18-27-25(29-20-9-11-22(12-10-20)33-15-13-32(5)14-16-33)30-24(19)28-21-7-6-8-23(17-21)36(34,35)31-26(2,3)4/h2*6-12,17-18,31H,13-16H2,1-5H3,(H2,27,28,29,30). The number of rotatable bonds is 14. The summed E-state index contributed by atoms with van der Waals surface area (Å²) in [7, 11) is -2.99. The van der Waals surface area contributed by atoms with E-state index in [-0.39, 0.29) is 9.79 Å². The van der Waals surface area contributed by atoms with Crippen LogP contribution in [0.2, 0.25) is 0 Å². The summed E-state index contributed by atoms with van der Waals surface area (Å²) < 4.78 is 56.3. The first-order valence-electron chi connectivity index (χ1n) is 24.1. The van der Waals surface area contributed by atoms with E-state index < -0.39 is 31.1 Å². The monoisotopic (exact) mass is 1020 g/mol. The molecule has 384 valence electrons. The lowest BCUT2D eigenvalue weighted by Gasteiger charge is -2.34. The van der Waals surface area contributed by atoms with Crippen LogP contribution in [0.25, 0.3) is 0 Å². The van der Waals surface area contributed by atoms with E-state index in [0.717, 1.165) is 74.9 Å². The van der Waals surface area contributed by atoms with Gasteiger partial charge in [0.15, 0.2) is 0 Å². The van der Waals surface area contributed by atoms with Crippen LogP contribution in [0.3, 0.4) is 0 Å². The number of nitrogens with one attached hydrogen (secondary N) is 6. The number of likely N-dealkylation sites (N-methyl/N-ethyl adjacent to an activating group) is 2. The fraction of sp³-hybridized carbons (Fsp3) is 0.385. The average molecular weight is 1020 g/mol. The number of nitrogens with zero attached hydrogens (tertiary/aromatic N) is 8. The number of benzene rings is 4. The van der Waals surface area contributed by atoms with Crippen molar-refractivity contribution in [3.8, 4) is 0 Å². The maximum absolute atomic E-state index is 12.7. The molecule has 18 nitrogen and oxygen atoms in total. The molecule has 2 saturated heterocycles. The van der Waals surface area contributed by atoms with Crippen LogP contribution in [-0.4, -0.2) is 124 Å².